The molecule has 0 unspecified atom stereocenters. The van der Waals surface area contributed by atoms with Crippen molar-refractivity contribution in [2.45, 2.75) is 20.1 Å². The lowest BCUT2D eigenvalue weighted by Crippen LogP contribution is -2.08. The normalized spacial score (nSPS) is 10.2. The van der Waals surface area contributed by atoms with Crippen LogP contribution in [-0.2, 0) is 13.2 Å². The first-order valence-corrected chi connectivity index (χ1v) is 5.93. The van der Waals surface area contributed by atoms with E-state index in [1.165, 1.54) is 0 Å². The van der Waals surface area contributed by atoms with Crippen LogP contribution in [0.5, 0.6) is 11.5 Å². The standard InChI is InChI=1S/C13H15N3O3/c1-3-16-13(12(8-17)14-15-16)9-19-11-6-4-5-10(7-11)18-2/h4-8H,3,9H2,1-2H3. The van der Waals surface area contributed by atoms with Crippen LogP contribution in [0.4, 0.5) is 0 Å². The molecule has 1 heterocycles. The van der Waals surface area contributed by atoms with Crippen LogP contribution < -0.4 is 9.47 Å². The third-order valence-corrected chi connectivity index (χ3v) is 2.70. The molecular formula is C13H15N3O3. The van der Waals surface area contributed by atoms with Crippen LogP contribution in [0.3, 0.4) is 0 Å². The van der Waals surface area contributed by atoms with E-state index in [0.29, 0.717) is 30.0 Å². The van der Waals surface area contributed by atoms with Crippen LogP contribution in [0.1, 0.15) is 23.1 Å². The fraction of sp³-hybridized carbons (Fsp3) is 0.308. The van der Waals surface area contributed by atoms with E-state index in [4.69, 9.17) is 9.47 Å². The maximum absolute atomic E-state index is 10.9. The second-order valence-electron chi connectivity index (χ2n) is 3.82. The topological polar surface area (TPSA) is 66.2 Å². The Bertz CT molecular complexity index is 566. The first-order chi connectivity index (χ1) is 9.28. The number of aryl methyl sites for hydroxylation is 1. The van der Waals surface area contributed by atoms with Gasteiger partial charge in [-0.2, -0.15) is 0 Å². The van der Waals surface area contributed by atoms with Crippen molar-refractivity contribution in [3.8, 4) is 11.5 Å². The van der Waals surface area contributed by atoms with Gasteiger partial charge in [-0.05, 0) is 19.1 Å². The van der Waals surface area contributed by atoms with Crippen molar-refractivity contribution >= 4 is 6.29 Å². The van der Waals surface area contributed by atoms with Gasteiger partial charge in [-0.1, -0.05) is 11.3 Å². The number of benzene rings is 1. The number of carbonyl (C=O) groups is 1. The number of aldehydes is 1. The summed E-state index contributed by atoms with van der Waals surface area (Å²) in [6.45, 7) is 2.80. The molecule has 0 spiro atoms. The van der Waals surface area contributed by atoms with E-state index in [0.717, 1.165) is 5.75 Å². The molecule has 0 saturated carbocycles. The molecule has 0 bridgehead atoms. The molecule has 0 aliphatic carbocycles. The summed E-state index contributed by atoms with van der Waals surface area (Å²) in [5.74, 6) is 1.38. The predicted molar refractivity (Wildman–Crippen MR) is 68.4 cm³/mol. The zero-order chi connectivity index (χ0) is 13.7. The summed E-state index contributed by atoms with van der Waals surface area (Å²) in [5, 5.41) is 7.67. The lowest BCUT2D eigenvalue weighted by molar-refractivity contribution is 0.111. The Balaban J connectivity index is 2.13. The van der Waals surface area contributed by atoms with Crippen molar-refractivity contribution in [2.24, 2.45) is 0 Å². The minimum Gasteiger partial charge on any atom is -0.497 e. The largest absolute Gasteiger partial charge is 0.497 e. The molecule has 0 atom stereocenters. The van der Waals surface area contributed by atoms with Crippen molar-refractivity contribution in [2.75, 3.05) is 7.11 Å². The van der Waals surface area contributed by atoms with Crippen LogP contribution in [-0.4, -0.2) is 28.4 Å². The third kappa shape index (κ3) is 2.90. The van der Waals surface area contributed by atoms with Gasteiger partial charge in [-0.3, -0.25) is 4.79 Å². The Kier molecular flexibility index (Phi) is 4.12. The quantitative estimate of drug-likeness (QED) is 0.740. The maximum Gasteiger partial charge on any atom is 0.172 e. The SMILES string of the molecule is CCn1nnc(C=O)c1COc1cccc(OC)c1. The molecule has 2 rings (SSSR count). The molecule has 0 aliphatic heterocycles. The van der Waals surface area contributed by atoms with Gasteiger partial charge >= 0.3 is 0 Å². The molecule has 1 aromatic heterocycles. The molecule has 0 saturated heterocycles. The average molecular weight is 261 g/mol. The van der Waals surface area contributed by atoms with Gasteiger partial charge in [0.1, 0.15) is 23.8 Å². The number of methoxy groups -OCH3 is 1. The summed E-state index contributed by atoms with van der Waals surface area (Å²) in [7, 11) is 1.60. The first kappa shape index (κ1) is 13.1. The van der Waals surface area contributed by atoms with Gasteiger partial charge in [-0.15, -0.1) is 5.10 Å². The van der Waals surface area contributed by atoms with Crippen molar-refractivity contribution in [3.63, 3.8) is 0 Å². The molecule has 2 aromatic rings. The molecule has 100 valence electrons. The Morgan fingerprint density at radius 3 is 2.84 bits per heavy atom. The van der Waals surface area contributed by atoms with Crippen molar-refractivity contribution in [1.82, 2.24) is 15.0 Å². The molecule has 19 heavy (non-hydrogen) atoms. The van der Waals surface area contributed by atoms with Crippen LogP contribution in [0.25, 0.3) is 0 Å². The number of nitrogens with zero attached hydrogens (tertiary/aromatic N) is 3. The van der Waals surface area contributed by atoms with Crippen LogP contribution in [0.15, 0.2) is 24.3 Å². The van der Waals surface area contributed by atoms with Crippen molar-refractivity contribution in [1.29, 1.82) is 0 Å². The summed E-state index contributed by atoms with van der Waals surface area (Å²) < 4.78 is 12.4. The van der Waals surface area contributed by atoms with E-state index in [-0.39, 0.29) is 6.61 Å². The molecule has 1 aromatic carbocycles. The van der Waals surface area contributed by atoms with Gasteiger partial charge < -0.3 is 9.47 Å². The highest BCUT2D eigenvalue weighted by molar-refractivity contribution is 5.73. The van der Waals surface area contributed by atoms with E-state index >= 15 is 0 Å². The van der Waals surface area contributed by atoms with Crippen molar-refractivity contribution < 1.29 is 14.3 Å². The van der Waals surface area contributed by atoms with E-state index < -0.39 is 0 Å². The summed E-state index contributed by atoms with van der Waals surface area (Å²) >= 11 is 0. The van der Waals surface area contributed by atoms with Gasteiger partial charge in [0.05, 0.1) is 7.11 Å². The Labute approximate surface area is 110 Å². The molecule has 6 heteroatoms. The lowest BCUT2D eigenvalue weighted by Gasteiger charge is -2.08. The van der Waals surface area contributed by atoms with Crippen molar-refractivity contribution in [3.05, 3.63) is 35.7 Å². The van der Waals surface area contributed by atoms with Gasteiger partial charge in [0, 0.05) is 12.6 Å². The number of hydrogen-bond acceptors (Lipinski definition) is 5. The first-order valence-electron chi connectivity index (χ1n) is 5.93. The monoisotopic (exact) mass is 261 g/mol. The second-order valence-corrected chi connectivity index (χ2v) is 3.82. The van der Waals surface area contributed by atoms with Crippen LogP contribution in [0.2, 0.25) is 0 Å². The molecule has 0 amide bonds. The Morgan fingerprint density at radius 2 is 2.16 bits per heavy atom. The maximum atomic E-state index is 10.9. The number of rotatable bonds is 6. The minimum absolute atomic E-state index is 0.238. The zero-order valence-corrected chi connectivity index (χ0v) is 10.9. The van der Waals surface area contributed by atoms with E-state index in [2.05, 4.69) is 10.3 Å². The molecule has 6 nitrogen and oxygen atoms in total. The van der Waals surface area contributed by atoms with Gasteiger partial charge in [0.25, 0.3) is 0 Å². The fourth-order valence-electron chi connectivity index (χ4n) is 1.68. The van der Waals surface area contributed by atoms with E-state index in [9.17, 15) is 4.79 Å². The van der Waals surface area contributed by atoms with E-state index in [1.54, 1.807) is 17.9 Å². The average Bonchev–Trinajstić information content (AvgIpc) is 2.87. The molecule has 0 aliphatic rings. The molecular weight excluding hydrogens is 246 g/mol. The minimum atomic E-state index is 0.238. The van der Waals surface area contributed by atoms with Gasteiger partial charge in [0.15, 0.2) is 12.0 Å². The lowest BCUT2D eigenvalue weighted by atomic mass is 10.3. The highest BCUT2D eigenvalue weighted by Gasteiger charge is 2.11. The Morgan fingerprint density at radius 1 is 1.37 bits per heavy atom. The fourth-order valence-corrected chi connectivity index (χ4v) is 1.68. The highest BCUT2D eigenvalue weighted by atomic mass is 16.5. The van der Waals surface area contributed by atoms with Crippen LogP contribution in [0, 0.1) is 0 Å². The highest BCUT2D eigenvalue weighted by Crippen LogP contribution is 2.20. The summed E-state index contributed by atoms with van der Waals surface area (Å²) in [4.78, 5) is 10.9. The van der Waals surface area contributed by atoms with Crippen LogP contribution >= 0.6 is 0 Å². The Hall–Kier alpha value is -2.37. The number of aromatic nitrogens is 3. The van der Waals surface area contributed by atoms with Gasteiger partial charge in [0.2, 0.25) is 0 Å². The molecule has 0 fully saturated rings. The van der Waals surface area contributed by atoms with E-state index in [1.807, 2.05) is 25.1 Å². The summed E-state index contributed by atoms with van der Waals surface area (Å²) in [5.41, 5.74) is 0.977. The smallest absolute Gasteiger partial charge is 0.172 e. The second kappa shape index (κ2) is 5.99. The molecule has 0 radical (unpaired) electrons. The zero-order valence-electron chi connectivity index (χ0n) is 10.9. The third-order valence-electron chi connectivity index (χ3n) is 2.70. The number of ether oxygens (including phenoxy) is 2. The summed E-state index contributed by atoms with van der Waals surface area (Å²) in [6, 6.07) is 7.27. The van der Waals surface area contributed by atoms with Gasteiger partial charge in [-0.25, -0.2) is 4.68 Å². The molecule has 0 N–H and O–H groups in total. The number of hydrogen-bond donors (Lipinski definition) is 0. The summed E-state index contributed by atoms with van der Waals surface area (Å²) in [6.07, 6.45) is 0.684. The predicted octanol–water partition coefficient (Wildman–Crippen LogP) is 1.70. The number of carbonyl (C=O) groups excluding carboxylic acids is 1.